The SMILES string of the molecule is CC(C)c1ccc(C2CCC(N(Cc3cccc(C(=O)[O-])c3)C3CCCC3)=N2)cc1. The first kappa shape index (κ1) is 20.6. The minimum atomic E-state index is -1.12. The standard InChI is InChI=1S/C26H32N2O2/c1-18(2)20-10-12-21(13-11-20)24-14-15-25(27-24)28(23-8-3-4-9-23)17-19-6-5-7-22(16-19)26(29)30/h5-7,10-13,16,18,23-24H,3-4,8-9,14-15,17H2,1-2H3,(H,29,30)/p-1. The fourth-order valence-electron chi connectivity index (χ4n) is 4.78. The number of hydrogen-bond acceptors (Lipinski definition) is 4. The van der Waals surface area contributed by atoms with Crippen LogP contribution in [0.25, 0.3) is 0 Å². The lowest BCUT2D eigenvalue weighted by Gasteiger charge is -2.31. The first-order chi connectivity index (χ1) is 14.5. The van der Waals surface area contributed by atoms with Crippen LogP contribution in [0.1, 0.15) is 91.4 Å². The van der Waals surface area contributed by atoms with E-state index in [1.807, 2.05) is 12.1 Å². The number of nitrogens with zero attached hydrogens (tertiary/aromatic N) is 2. The Labute approximate surface area is 179 Å². The number of carboxylic acid groups (broad SMARTS) is 1. The van der Waals surface area contributed by atoms with Crippen LogP contribution in [0.3, 0.4) is 0 Å². The molecule has 2 aromatic rings. The molecular weight excluding hydrogens is 372 g/mol. The van der Waals surface area contributed by atoms with Crippen LogP contribution in [0.5, 0.6) is 0 Å². The van der Waals surface area contributed by atoms with Crippen molar-refractivity contribution in [1.29, 1.82) is 0 Å². The highest BCUT2D eigenvalue weighted by Gasteiger charge is 2.29. The molecule has 1 fully saturated rings. The van der Waals surface area contributed by atoms with Crippen molar-refractivity contribution in [1.82, 2.24) is 4.90 Å². The molecule has 1 aliphatic heterocycles. The van der Waals surface area contributed by atoms with Gasteiger partial charge in [-0.05, 0) is 53.5 Å². The number of carbonyl (C=O) groups excluding carboxylic acids is 1. The van der Waals surface area contributed by atoms with Crippen LogP contribution in [-0.2, 0) is 6.54 Å². The maximum atomic E-state index is 11.3. The molecule has 0 bridgehead atoms. The van der Waals surface area contributed by atoms with Crippen molar-refractivity contribution >= 4 is 11.8 Å². The van der Waals surface area contributed by atoms with E-state index in [4.69, 9.17) is 4.99 Å². The van der Waals surface area contributed by atoms with Gasteiger partial charge in [-0.25, -0.2) is 0 Å². The molecule has 1 aliphatic carbocycles. The zero-order chi connectivity index (χ0) is 21.1. The van der Waals surface area contributed by atoms with E-state index >= 15 is 0 Å². The fraction of sp³-hybridized carbons (Fsp3) is 0.462. The predicted octanol–water partition coefficient (Wildman–Crippen LogP) is 4.85. The summed E-state index contributed by atoms with van der Waals surface area (Å²) in [6.07, 6.45) is 6.91. The van der Waals surface area contributed by atoms with Crippen LogP contribution in [-0.4, -0.2) is 22.7 Å². The Morgan fingerprint density at radius 1 is 1.10 bits per heavy atom. The third-order valence-electron chi connectivity index (χ3n) is 6.55. The van der Waals surface area contributed by atoms with E-state index < -0.39 is 5.97 Å². The number of carbonyl (C=O) groups is 1. The van der Waals surface area contributed by atoms with Gasteiger partial charge in [-0.3, -0.25) is 4.99 Å². The zero-order valence-electron chi connectivity index (χ0n) is 18.0. The monoisotopic (exact) mass is 403 g/mol. The first-order valence-electron chi connectivity index (χ1n) is 11.2. The quantitative estimate of drug-likeness (QED) is 0.693. The number of carboxylic acids is 1. The number of aliphatic imine (C=N–C) groups is 1. The Morgan fingerprint density at radius 2 is 1.83 bits per heavy atom. The number of amidine groups is 1. The molecular formula is C26H31N2O2-. The molecule has 0 amide bonds. The lowest BCUT2D eigenvalue weighted by Crippen LogP contribution is -2.37. The largest absolute Gasteiger partial charge is 0.545 e. The van der Waals surface area contributed by atoms with E-state index in [1.165, 1.54) is 42.6 Å². The topological polar surface area (TPSA) is 55.7 Å². The Bertz CT molecular complexity index is 911. The van der Waals surface area contributed by atoms with Crippen LogP contribution in [0.2, 0.25) is 0 Å². The number of aromatic carboxylic acids is 1. The van der Waals surface area contributed by atoms with Gasteiger partial charge in [0.05, 0.1) is 12.0 Å². The van der Waals surface area contributed by atoms with Crippen molar-refractivity contribution in [2.24, 2.45) is 4.99 Å². The van der Waals surface area contributed by atoms with Crippen LogP contribution in [0.4, 0.5) is 0 Å². The molecule has 0 spiro atoms. The highest BCUT2D eigenvalue weighted by atomic mass is 16.4. The highest BCUT2D eigenvalue weighted by molar-refractivity contribution is 5.86. The van der Waals surface area contributed by atoms with Crippen molar-refractivity contribution in [3.05, 3.63) is 70.8 Å². The van der Waals surface area contributed by atoms with E-state index in [9.17, 15) is 9.90 Å². The molecule has 0 aromatic heterocycles. The van der Waals surface area contributed by atoms with Crippen molar-refractivity contribution in [2.75, 3.05) is 0 Å². The summed E-state index contributed by atoms with van der Waals surface area (Å²) in [6, 6.07) is 16.8. The second kappa shape index (κ2) is 9.03. The summed E-state index contributed by atoms with van der Waals surface area (Å²) in [6.45, 7) is 5.15. The molecule has 2 aromatic carbocycles. The summed E-state index contributed by atoms with van der Waals surface area (Å²) in [5.74, 6) is 0.599. The van der Waals surface area contributed by atoms with Crippen LogP contribution in [0.15, 0.2) is 53.5 Å². The average Bonchev–Trinajstić information content (AvgIpc) is 3.45. The minimum absolute atomic E-state index is 0.222. The molecule has 1 unspecified atom stereocenters. The Hall–Kier alpha value is -2.62. The molecule has 2 aliphatic rings. The van der Waals surface area contributed by atoms with Gasteiger partial charge in [-0.15, -0.1) is 0 Å². The maximum absolute atomic E-state index is 11.3. The third kappa shape index (κ3) is 4.58. The smallest absolute Gasteiger partial charge is 0.100 e. The number of rotatable bonds is 6. The molecule has 1 atom stereocenters. The van der Waals surface area contributed by atoms with E-state index in [0.29, 0.717) is 18.5 Å². The zero-order valence-corrected chi connectivity index (χ0v) is 18.0. The van der Waals surface area contributed by atoms with Gasteiger partial charge in [0.1, 0.15) is 5.84 Å². The summed E-state index contributed by atoms with van der Waals surface area (Å²) in [5, 5.41) is 11.3. The number of benzene rings is 2. The fourth-order valence-corrected chi connectivity index (χ4v) is 4.78. The van der Waals surface area contributed by atoms with E-state index in [1.54, 1.807) is 12.1 Å². The normalized spacial score (nSPS) is 19.3. The molecule has 1 saturated carbocycles. The van der Waals surface area contributed by atoms with Crippen LogP contribution < -0.4 is 5.11 Å². The first-order valence-corrected chi connectivity index (χ1v) is 11.2. The molecule has 1 heterocycles. The van der Waals surface area contributed by atoms with Gasteiger partial charge < -0.3 is 14.8 Å². The molecule has 4 rings (SSSR count). The van der Waals surface area contributed by atoms with Gasteiger partial charge in [0.25, 0.3) is 0 Å². The van der Waals surface area contributed by atoms with Crippen molar-refractivity contribution in [3.8, 4) is 0 Å². The number of hydrogen-bond donors (Lipinski definition) is 0. The van der Waals surface area contributed by atoms with Crippen LogP contribution >= 0.6 is 0 Å². The molecule has 158 valence electrons. The lowest BCUT2D eigenvalue weighted by molar-refractivity contribution is -0.255. The van der Waals surface area contributed by atoms with Gasteiger partial charge in [0.2, 0.25) is 0 Å². The molecule has 4 heteroatoms. The van der Waals surface area contributed by atoms with Gasteiger partial charge in [-0.2, -0.15) is 0 Å². The molecule has 0 radical (unpaired) electrons. The summed E-state index contributed by atoms with van der Waals surface area (Å²) >= 11 is 0. The average molecular weight is 404 g/mol. The Morgan fingerprint density at radius 3 is 2.50 bits per heavy atom. The second-order valence-corrected chi connectivity index (χ2v) is 8.98. The predicted molar refractivity (Wildman–Crippen MR) is 119 cm³/mol. The van der Waals surface area contributed by atoms with Crippen molar-refractivity contribution in [3.63, 3.8) is 0 Å². The van der Waals surface area contributed by atoms with E-state index in [-0.39, 0.29) is 11.6 Å². The van der Waals surface area contributed by atoms with Crippen molar-refractivity contribution < 1.29 is 9.90 Å². The van der Waals surface area contributed by atoms with Gasteiger partial charge in [0.15, 0.2) is 0 Å². The third-order valence-corrected chi connectivity index (χ3v) is 6.55. The van der Waals surface area contributed by atoms with Gasteiger partial charge in [0, 0.05) is 19.0 Å². The Balaban J connectivity index is 1.56. The van der Waals surface area contributed by atoms with Gasteiger partial charge >= 0.3 is 0 Å². The maximum Gasteiger partial charge on any atom is 0.100 e. The van der Waals surface area contributed by atoms with Gasteiger partial charge in [-0.1, -0.05) is 69.2 Å². The lowest BCUT2D eigenvalue weighted by atomic mass is 9.98. The molecule has 4 nitrogen and oxygen atoms in total. The van der Waals surface area contributed by atoms with Crippen molar-refractivity contribution in [2.45, 2.75) is 76.9 Å². The summed E-state index contributed by atoms with van der Waals surface area (Å²) < 4.78 is 0. The summed E-state index contributed by atoms with van der Waals surface area (Å²) in [4.78, 5) is 18.9. The minimum Gasteiger partial charge on any atom is -0.545 e. The Kier molecular flexibility index (Phi) is 6.21. The molecule has 0 saturated heterocycles. The summed E-state index contributed by atoms with van der Waals surface area (Å²) in [7, 11) is 0. The molecule has 0 N–H and O–H groups in total. The van der Waals surface area contributed by atoms with Crippen LogP contribution in [0, 0.1) is 0 Å². The van der Waals surface area contributed by atoms with E-state index in [0.717, 1.165) is 18.4 Å². The van der Waals surface area contributed by atoms with E-state index in [2.05, 4.69) is 43.0 Å². The summed E-state index contributed by atoms with van der Waals surface area (Å²) in [5.41, 5.74) is 3.91. The molecule has 30 heavy (non-hydrogen) atoms. The second-order valence-electron chi connectivity index (χ2n) is 8.98. The highest BCUT2D eigenvalue weighted by Crippen LogP contribution is 2.34.